The fourth-order valence-corrected chi connectivity index (χ4v) is 2.87. The van der Waals surface area contributed by atoms with E-state index >= 15 is 0 Å². The van der Waals surface area contributed by atoms with Crippen molar-refractivity contribution in [1.82, 2.24) is 0 Å². The Kier molecular flexibility index (Phi) is 8.09. The Balaban J connectivity index is 2.33. The van der Waals surface area contributed by atoms with Crippen molar-refractivity contribution in [3.8, 4) is 0 Å². The van der Waals surface area contributed by atoms with Gasteiger partial charge in [-0.2, -0.15) is 13.2 Å². The molecule has 0 aliphatic rings. The third-order valence-electron chi connectivity index (χ3n) is 3.21. The maximum Gasteiger partial charge on any atom is 0.577 e. The van der Waals surface area contributed by atoms with Crippen molar-refractivity contribution in [2.75, 3.05) is 14.2 Å². The van der Waals surface area contributed by atoms with E-state index in [1.54, 1.807) is 6.07 Å². The fraction of sp³-hybridized carbons (Fsp3) is 0.600. The number of hydrogen-bond donors (Lipinski definition) is 0. The second kappa shape index (κ2) is 9.29. The molecular weight excluding hydrogens is 313 g/mol. The van der Waals surface area contributed by atoms with Crippen LogP contribution in [0.15, 0.2) is 24.3 Å². The summed E-state index contributed by atoms with van der Waals surface area (Å²) in [7, 11) is 1.42. The molecule has 1 aromatic carbocycles. The van der Waals surface area contributed by atoms with E-state index in [-0.39, 0.29) is 6.10 Å². The van der Waals surface area contributed by atoms with Gasteiger partial charge in [0.05, 0.1) is 5.56 Å². The molecule has 125 valence electrons. The van der Waals surface area contributed by atoms with Gasteiger partial charge in [0, 0.05) is 20.3 Å². The predicted molar refractivity (Wildman–Crippen MR) is 79.3 cm³/mol. The highest BCUT2D eigenvalue weighted by Crippen LogP contribution is 2.29. The van der Waals surface area contributed by atoms with Gasteiger partial charge in [0.15, 0.2) is 0 Å². The molecule has 1 atom stereocenters. The Morgan fingerprint density at radius 3 is 2.41 bits per heavy atom. The van der Waals surface area contributed by atoms with Crippen LogP contribution in [0.3, 0.4) is 0 Å². The quantitative estimate of drug-likeness (QED) is 0.502. The third-order valence-corrected chi connectivity index (χ3v) is 4.47. The van der Waals surface area contributed by atoms with Crippen LogP contribution in [-0.2, 0) is 25.9 Å². The molecule has 0 aromatic heterocycles. The Labute approximate surface area is 131 Å². The molecule has 0 aliphatic carbocycles. The topological polar surface area (TPSA) is 27.7 Å². The summed E-state index contributed by atoms with van der Waals surface area (Å²) in [5, 5.41) is 0. The van der Waals surface area contributed by atoms with Gasteiger partial charge < -0.3 is 13.3 Å². The van der Waals surface area contributed by atoms with Crippen LogP contribution in [0.4, 0.5) is 13.2 Å². The average Bonchev–Trinajstić information content (AvgIpc) is 2.48. The van der Waals surface area contributed by atoms with Gasteiger partial charge in [-0.15, -0.1) is 0 Å². The second-order valence-corrected chi connectivity index (χ2v) is 6.58. The summed E-state index contributed by atoms with van der Waals surface area (Å²) in [4.78, 5) is 0. The summed E-state index contributed by atoms with van der Waals surface area (Å²) < 4.78 is 53.5. The zero-order chi connectivity index (χ0) is 16.6. The summed E-state index contributed by atoms with van der Waals surface area (Å²) >= 11 is 0. The number of aryl methyl sites for hydroxylation is 1. The molecule has 0 N–H and O–H groups in total. The molecule has 0 spiro atoms. The van der Waals surface area contributed by atoms with Crippen molar-refractivity contribution in [2.24, 2.45) is 0 Å². The maximum atomic E-state index is 12.6. The van der Waals surface area contributed by atoms with Crippen molar-refractivity contribution in [2.45, 2.75) is 44.9 Å². The Hall–Kier alpha value is -0.893. The van der Waals surface area contributed by atoms with Crippen LogP contribution in [0.25, 0.3) is 0 Å². The number of benzene rings is 1. The van der Waals surface area contributed by atoms with E-state index in [4.69, 9.17) is 13.3 Å². The van der Waals surface area contributed by atoms with Gasteiger partial charge in [-0.1, -0.05) is 24.6 Å². The highest BCUT2D eigenvalue weighted by molar-refractivity contribution is 6.36. The Morgan fingerprint density at radius 2 is 1.82 bits per heavy atom. The minimum atomic E-state index is -4.28. The van der Waals surface area contributed by atoms with Crippen molar-refractivity contribution >= 4 is 9.53 Å². The van der Waals surface area contributed by atoms with E-state index in [1.807, 2.05) is 6.92 Å². The molecule has 0 saturated carbocycles. The normalized spacial score (nSPS) is 13.6. The smallest absolute Gasteiger partial charge is 0.375 e. The fourth-order valence-electron chi connectivity index (χ4n) is 2.07. The van der Waals surface area contributed by atoms with Gasteiger partial charge >= 0.3 is 15.7 Å². The first-order valence-corrected chi connectivity index (χ1v) is 8.37. The third kappa shape index (κ3) is 6.91. The number of hydrogen-bond acceptors (Lipinski definition) is 3. The molecular formula is C15H22F3O3Si. The van der Waals surface area contributed by atoms with Crippen molar-refractivity contribution in [1.29, 1.82) is 0 Å². The molecule has 1 rings (SSSR count). The van der Waals surface area contributed by atoms with Crippen LogP contribution in [0.1, 0.15) is 37.3 Å². The first kappa shape index (κ1) is 19.2. The van der Waals surface area contributed by atoms with Crippen molar-refractivity contribution in [3.63, 3.8) is 0 Å². The van der Waals surface area contributed by atoms with Crippen LogP contribution in [0.5, 0.6) is 0 Å². The largest absolute Gasteiger partial charge is 0.577 e. The molecule has 0 saturated heterocycles. The molecule has 0 amide bonds. The lowest BCUT2D eigenvalue weighted by molar-refractivity contribution is -0.137. The summed E-state index contributed by atoms with van der Waals surface area (Å²) in [5.74, 6) is 0. The molecule has 0 aliphatic heterocycles. The van der Waals surface area contributed by atoms with Gasteiger partial charge in [-0.25, -0.2) is 0 Å². The lowest BCUT2D eigenvalue weighted by Gasteiger charge is -2.16. The molecule has 0 heterocycles. The van der Waals surface area contributed by atoms with Crippen LogP contribution in [0.2, 0.25) is 0 Å². The Bertz CT molecular complexity index is 436. The van der Waals surface area contributed by atoms with E-state index in [9.17, 15) is 13.2 Å². The Morgan fingerprint density at radius 1 is 1.14 bits per heavy atom. The lowest BCUT2D eigenvalue weighted by atomic mass is 10.0. The van der Waals surface area contributed by atoms with Crippen LogP contribution in [0, 0.1) is 0 Å². The zero-order valence-corrected chi connectivity index (χ0v) is 14.1. The summed E-state index contributed by atoms with van der Waals surface area (Å²) in [6.07, 6.45) is -1.13. The van der Waals surface area contributed by atoms with Crippen molar-refractivity contribution in [3.05, 3.63) is 35.4 Å². The van der Waals surface area contributed by atoms with E-state index in [0.717, 1.165) is 25.3 Å². The average molecular weight is 335 g/mol. The maximum absolute atomic E-state index is 12.6. The SMILES string of the molecule is CO[Si](OC)OC(C)CCCCc1cccc(C(F)(F)F)c1. The molecule has 1 radical (unpaired) electrons. The van der Waals surface area contributed by atoms with Gasteiger partial charge in [0.1, 0.15) is 0 Å². The summed E-state index contributed by atoms with van der Waals surface area (Å²) in [5.41, 5.74) is 0.121. The molecule has 0 fully saturated rings. The van der Waals surface area contributed by atoms with E-state index < -0.39 is 21.3 Å². The second-order valence-electron chi connectivity index (χ2n) is 5.03. The highest BCUT2D eigenvalue weighted by Gasteiger charge is 2.30. The van der Waals surface area contributed by atoms with Gasteiger partial charge in [0.2, 0.25) is 0 Å². The standard InChI is InChI=1S/C15H22F3O3Si/c1-12(21-22(19-2)20-3)7-4-5-8-13-9-6-10-14(11-13)15(16,17)18/h6,9-12H,4-5,7-8H2,1-3H3. The predicted octanol–water partition coefficient (Wildman–Crippen LogP) is 4.10. The van der Waals surface area contributed by atoms with E-state index in [0.29, 0.717) is 12.0 Å². The van der Waals surface area contributed by atoms with Crippen LogP contribution in [-0.4, -0.2) is 29.9 Å². The molecule has 7 heteroatoms. The van der Waals surface area contributed by atoms with Crippen molar-refractivity contribution < 1.29 is 26.4 Å². The number of rotatable bonds is 9. The first-order chi connectivity index (χ1) is 10.4. The molecule has 1 unspecified atom stereocenters. The van der Waals surface area contributed by atoms with Crippen LogP contribution < -0.4 is 0 Å². The molecule has 1 aromatic rings. The highest BCUT2D eigenvalue weighted by atomic mass is 28.3. The lowest BCUT2D eigenvalue weighted by Crippen LogP contribution is -2.28. The van der Waals surface area contributed by atoms with Gasteiger partial charge in [-0.05, 0) is 37.8 Å². The molecule has 22 heavy (non-hydrogen) atoms. The zero-order valence-electron chi connectivity index (χ0n) is 13.1. The first-order valence-electron chi connectivity index (χ1n) is 7.14. The summed E-state index contributed by atoms with van der Waals surface area (Å²) in [6, 6.07) is 5.50. The van der Waals surface area contributed by atoms with Gasteiger partial charge in [-0.3, -0.25) is 0 Å². The monoisotopic (exact) mass is 335 g/mol. The minimum Gasteiger partial charge on any atom is -0.375 e. The number of halogens is 3. The molecule has 0 bridgehead atoms. The summed E-state index contributed by atoms with van der Waals surface area (Å²) in [6.45, 7) is 1.94. The minimum absolute atomic E-state index is 0.00954. The molecule has 3 nitrogen and oxygen atoms in total. The number of unbranched alkanes of at least 4 members (excludes halogenated alkanes) is 1. The number of alkyl halides is 3. The van der Waals surface area contributed by atoms with Gasteiger partial charge in [0.25, 0.3) is 0 Å². The van der Waals surface area contributed by atoms with E-state index in [2.05, 4.69) is 0 Å². The van der Waals surface area contributed by atoms with Crippen LogP contribution >= 0.6 is 0 Å². The van der Waals surface area contributed by atoms with E-state index in [1.165, 1.54) is 26.4 Å².